The monoisotopic (exact) mass is 283 g/mol. The third kappa shape index (κ3) is 2.83. The Bertz CT molecular complexity index is 549. The fraction of sp³-hybridized carbons (Fsp3) is 0.571. The Labute approximate surface area is 115 Å². The van der Waals surface area contributed by atoms with Crippen LogP contribution in [0.25, 0.3) is 0 Å². The number of rotatable bonds is 3. The van der Waals surface area contributed by atoms with Gasteiger partial charge < -0.3 is 4.74 Å². The normalized spacial score (nSPS) is 23.7. The van der Waals surface area contributed by atoms with Crippen molar-refractivity contribution in [3.05, 3.63) is 29.8 Å². The molecule has 0 bridgehead atoms. The van der Waals surface area contributed by atoms with Crippen molar-refractivity contribution in [2.75, 3.05) is 13.7 Å². The Kier molecular flexibility index (Phi) is 3.73. The SMILES string of the molecule is COC1CC(C)(C)CN1S(=O)(=O)c1ccc(C)cc1. The van der Waals surface area contributed by atoms with Gasteiger partial charge >= 0.3 is 0 Å². The average molecular weight is 283 g/mol. The van der Waals surface area contributed by atoms with Crippen molar-refractivity contribution in [2.24, 2.45) is 5.41 Å². The topological polar surface area (TPSA) is 46.6 Å². The van der Waals surface area contributed by atoms with Crippen LogP contribution in [0, 0.1) is 12.3 Å². The van der Waals surface area contributed by atoms with Gasteiger partial charge in [-0.05, 0) is 30.9 Å². The Morgan fingerprint density at radius 1 is 1.26 bits per heavy atom. The minimum atomic E-state index is -3.48. The fourth-order valence-electron chi connectivity index (χ4n) is 2.45. The van der Waals surface area contributed by atoms with Crippen molar-refractivity contribution in [1.29, 1.82) is 0 Å². The van der Waals surface area contributed by atoms with Gasteiger partial charge in [-0.1, -0.05) is 31.5 Å². The second kappa shape index (κ2) is 4.89. The average Bonchev–Trinajstić information content (AvgIpc) is 2.66. The van der Waals surface area contributed by atoms with Crippen LogP contribution in [-0.2, 0) is 14.8 Å². The summed E-state index contributed by atoms with van der Waals surface area (Å²) in [7, 11) is -1.92. The van der Waals surface area contributed by atoms with Gasteiger partial charge in [-0.2, -0.15) is 4.31 Å². The molecule has 1 saturated heterocycles. The number of aryl methyl sites for hydroxylation is 1. The highest BCUT2D eigenvalue weighted by molar-refractivity contribution is 7.89. The van der Waals surface area contributed by atoms with Crippen LogP contribution in [0.5, 0.6) is 0 Å². The van der Waals surface area contributed by atoms with Gasteiger partial charge in [0.25, 0.3) is 0 Å². The van der Waals surface area contributed by atoms with Crippen LogP contribution in [0.3, 0.4) is 0 Å². The molecule has 0 N–H and O–H groups in total. The summed E-state index contributed by atoms with van der Waals surface area (Å²) >= 11 is 0. The number of hydrogen-bond acceptors (Lipinski definition) is 3. The Hall–Kier alpha value is -0.910. The molecule has 1 aromatic rings. The zero-order chi connectivity index (χ0) is 14.3. The van der Waals surface area contributed by atoms with Crippen LogP contribution in [0.1, 0.15) is 25.8 Å². The largest absolute Gasteiger partial charge is 0.365 e. The molecule has 1 fully saturated rings. The van der Waals surface area contributed by atoms with Gasteiger partial charge in [0, 0.05) is 13.7 Å². The van der Waals surface area contributed by atoms with E-state index in [1.54, 1.807) is 19.2 Å². The van der Waals surface area contributed by atoms with E-state index in [9.17, 15) is 8.42 Å². The minimum Gasteiger partial charge on any atom is -0.365 e. The molecule has 0 amide bonds. The second-order valence-corrected chi connectivity index (χ2v) is 7.81. The molecule has 1 heterocycles. The number of methoxy groups -OCH3 is 1. The van der Waals surface area contributed by atoms with Gasteiger partial charge in [-0.25, -0.2) is 8.42 Å². The lowest BCUT2D eigenvalue weighted by molar-refractivity contribution is 0.0384. The van der Waals surface area contributed by atoms with Crippen molar-refractivity contribution in [3.8, 4) is 0 Å². The third-order valence-electron chi connectivity index (χ3n) is 3.53. The third-order valence-corrected chi connectivity index (χ3v) is 5.38. The van der Waals surface area contributed by atoms with Crippen molar-refractivity contribution in [3.63, 3.8) is 0 Å². The molecule has 1 unspecified atom stereocenters. The summed E-state index contributed by atoms with van der Waals surface area (Å²) in [6.45, 7) is 6.54. The molecule has 0 spiro atoms. The second-order valence-electron chi connectivity index (χ2n) is 5.92. The Morgan fingerprint density at radius 3 is 2.37 bits per heavy atom. The number of hydrogen-bond donors (Lipinski definition) is 0. The minimum absolute atomic E-state index is 0.0571. The van der Waals surface area contributed by atoms with E-state index in [1.165, 1.54) is 4.31 Å². The molecule has 106 valence electrons. The molecular weight excluding hydrogens is 262 g/mol. The Balaban J connectivity index is 2.36. The molecule has 1 aromatic carbocycles. The van der Waals surface area contributed by atoms with E-state index in [-0.39, 0.29) is 11.6 Å². The number of nitrogens with zero attached hydrogens (tertiary/aromatic N) is 1. The molecule has 1 atom stereocenters. The molecule has 0 radical (unpaired) electrons. The lowest BCUT2D eigenvalue weighted by Crippen LogP contribution is -2.37. The molecule has 2 rings (SSSR count). The summed E-state index contributed by atoms with van der Waals surface area (Å²) in [5.74, 6) is 0. The van der Waals surface area contributed by atoms with E-state index in [1.807, 2.05) is 19.1 Å². The molecular formula is C14H21NO3S. The van der Waals surface area contributed by atoms with Crippen LogP contribution in [0.15, 0.2) is 29.2 Å². The smallest absolute Gasteiger partial charge is 0.245 e. The molecule has 0 aromatic heterocycles. The number of benzene rings is 1. The van der Waals surface area contributed by atoms with Gasteiger partial charge in [0.15, 0.2) is 0 Å². The predicted molar refractivity (Wildman–Crippen MR) is 74.3 cm³/mol. The summed E-state index contributed by atoms with van der Waals surface area (Å²) in [4.78, 5) is 0.331. The lowest BCUT2D eigenvalue weighted by atomic mass is 9.93. The van der Waals surface area contributed by atoms with Crippen LogP contribution in [-0.4, -0.2) is 32.6 Å². The zero-order valence-corrected chi connectivity index (χ0v) is 12.7. The first-order valence-electron chi connectivity index (χ1n) is 6.38. The highest BCUT2D eigenvalue weighted by atomic mass is 32.2. The van der Waals surface area contributed by atoms with E-state index in [4.69, 9.17) is 4.74 Å². The first-order valence-corrected chi connectivity index (χ1v) is 7.82. The fourth-order valence-corrected chi connectivity index (χ4v) is 4.19. The molecule has 1 aliphatic rings. The first-order chi connectivity index (χ1) is 8.76. The van der Waals surface area contributed by atoms with Crippen LogP contribution in [0.2, 0.25) is 0 Å². The van der Waals surface area contributed by atoms with E-state index >= 15 is 0 Å². The van der Waals surface area contributed by atoms with Crippen molar-refractivity contribution in [1.82, 2.24) is 4.31 Å². The standard InChI is InChI=1S/C14H21NO3S/c1-11-5-7-12(8-6-11)19(16,17)15-10-14(2,3)9-13(15)18-4/h5-8,13H,9-10H2,1-4H3. The maximum atomic E-state index is 12.6. The van der Waals surface area contributed by atoms with E-state index < -0.39 is 10.0 Å². The molecule has 5 heteroatoms. The molecule has 19 heavy (non-hydrogen) atoms. The lowest BCUT2D eigenvalue weighted by Gasteiger charge is -2.23. The van der Waals surface area contributed by atoms with Gasteiger partial charge in [0.2, 0.25) is 10.0 Å². The van der Waals surface area contributed by atoms with Gasteiger partial charge in [0.05, 0.1) is 4.90 Å². The summed E-state index contributed by atoms with van der Waals surface area (Å²) in [5, 5.41) is 0. The summed E-state index contributed by atoms with van der Waals surface area (Å²) in [6, 6.07) is 6.94. The highest BCUT2D eigenvalue weighted by Crippen LogP contribution is 2.37. The molecule has 0 aliphatic carbocycles. The van der Waals surface area contributed by atoms with Crippen molar-refractivity contribution < 1.29 is 13.2 Å². The van der Waals surface area contributed by atoms with Gasteiger partial charge in [-0.3, -0.25) is 0 Å². The molecule has 1 aliphatic heterocycles. The van der Waals surface area contributed by atoms with E-state index in [2.05, 4.69) is 13.8 Å². The van der Waals surface area contributed by atoms with Crippen LogP contribution in [0.4, 0.5) is 0 Å². The molecule has 0 saturated carbocycles. The van der Waals surface area contributed by atoms with Gasteiger partial charge in [0.1, 0.15) is 6.23 Å². The predicted octanol–water partition coefficient (Wildman–Crippen LogP) is 2.39. The van der Waals surface area contributed by atoms with E-state index in [0.717, 1.165) is 5.56 Å². The van der Waals surface area contributed by atoms with E-state index in [0.29, 0.717) is 17.9 Å². The number of ether oxygens (including phenoxy) is 1. The maximum Gasteiger partial charge on any atom is 0.245 e. The highest BCUT2D eigenvalue weighted by Gasteiger charge is 2.44. The summed E-state index contributed by atoms with van der Waals surface area (Å²) < 4.78 is 32.1. The summed E-state index contributed by atoms with van der Waals surface area (Å²) in [5.41, 5.74) is 0.988. The summed E-state index contributed by atoms with van der Waals surface area (Å²) in [6.07, 6.45) is 0.343. The quantitative estimate of drug-likeness (QED) is 0.855. The maximum absolute atomic E-state index is 12.6. The van der Waals surface area contributed by atoms with Crippen LogP contribution >= 0.6 is 0 Å². The Morgan fingerprint density at radius 2 is 1.84 bits per heavy atom. The van der Waals surface area contributed by atoms with Crippen LogP contribution < -0.4 is 0 Å². The first kappa shape index (κ1) is 14.5. The van der Waals surface area contributed by atoms with Crippen molar-refractivity contribution in [2.45, 2.75) is 38.3 Å². The molecule has 4 nitrogen and oxygen atoms in total. The van der Waals surface area contributed by atoms with Gasteiger partial charge in [-0.15, -0.1) is 0 Å². The number of sulfonamides is 1. The zero-order valence-electron chi connectivity index (χ0n) is 11.9. The van der Waals surface area contributed by atoms with Crippen molar-refractivity contribution >= 4 is 10.0 Å².